The molecule has 0 heterocycles. The second-order valence-corrected chi connectivity index (χ2v) is 3.75. The maximum atomic E-state index is 8.52. The SMILES string of the molecule is O=[PH]([O-])[O-].O=[PH]([O-])[O-].O=[PH]([O-])[O-].O=[PH]([O-])[O-].O=[PH]([O-])[O-].[Nb+5].[Nb+5]. The predicted molar refractivity (Wildman–Crippen MR) is 45.0 cm³/mol. The fourth-order valence-electron chi connectivity index (χ4n) is 0. The second kappa shape index (κ2) is 38.7. The fraction of sp³-hybridized carbons (Fsp3) is 0. The Labute approximate surface area is 157 Å². The molecule has 0 bridgehead atoms. The summed E-state index contributed by atoms with van der Waals surface area (Å²) in [7, 11) is -18.1. The number of hydrogen-bond acceptors (Lipinski definition) is 15. The molecule has 0 atom stereocenters. The van der Waals surface area contributed by atoms with E-state index in [4.69, 9.17) is 71.8 Å². The molecule has 22 heteroatoms. The summed E-state index contributed by atoms with van der Waals surface area (Å²) in [4.78, 5) is 85.2. The Bertz CT molecular complexity index is 211. The Balaban J connectivity index is -0.0000000250. The zero-order valence-corrected chi connectivity index (χ0v) is 18.9. The van der Waals surface area contributed by atoms with E-state index in [2.05, 4.69) is 0 Å². The largest absolute Gasteiger partial charge is 5.00 e. The summed E-state index contributed by atoms with van der Waals surface area (Å²) in [6.07, 6.45) is 0. The van der Waals surface area contributed by atoms with Gasteiger partial charge in [-0.25, -0.2) is 0 Å². The van der Waals surface area contributed by atoms with Gasteiger partial charge in [-0.05, 0) is 0 Å². The van der Waals surface area contributed by atoms with Crippen LogP contribution in [0, 0.1) is 0 Å². The Morgan fingerprint density at radius 3 is 0.318 bits per heavy atom. The van der Waals surface area contributed by atoms with Gasteiger partial charge < -0.3 is 71.8 Å². The van der Waals surface area contributed by atoms with Crippen molar-refractivity contribution >= 4 is 41.3 Å². The van der Waals surface area contributed by atoms with Crippen LogP contribution in [0.3, 0.4) is 0 Å². The molecule has 0 amide bonds. The molecule has 0 spiro atoms. The van der Waals surface area contributed by atoms with Crippen LogP contribution < -0.4 is 48.9 Å². The normalized spacial score (nSPS) is 7.95. The molecule has 0 unspecified atom stereocenters. The zero-order chi connectivity index (χ0) is 17.9. The van der Waals surface area contributed by atoms with Gasteiger partial charge in [0.1, 0.15) is 0 Å². The van der Waals surface area contributed by atoms with E-state index in [1.54, 1.807) is 0 Å². The topological polar surface area (TPSA) is 316 Å². The molecule has 130 valence electrons. The van der Waals surface area contributed by atoms with Gasteiger partial charge in [0, 0.05) is 0 Å². The molecule has 0 aromatic carbocycles. The van der Waals surface area contributed by atoms with E-state index in [1.807, 2.05) is 0 Å². The zero-order valence-electron chi connectivity index (χ0n) is 9.52. The van der Waals surface area contributed by atoms with Gasteiger partial charge in [0.15, 0.2) is 0 Å². The summed E-state index contributed by atoms with van der Waals surface area (Å²) in [6.45, 7) is 0. The third-order valence-electron chi connectivity index (χ3n) is 0. The summed E-state index contributed by atoms with van der Waals surface area (Å²) in [5.74, 6) is 0. The van der Waals surface area contributed by atoms with Crippen molar-refractivity contribution in [3.05, 3.63) is 0 Å². The molecule has 22 heavy (non-hydrogen) atoms. The van der Waals surface area contributed by atoms with Gasteiger partial charge in [0.25, 0.3) is 0 Å². The van der Waals surface area contributed by atoms with Crippen molar-refractivity contribution in [1.82, 2.24) is 0 Å². The van der Waals surface area contributed by atoms with Crippen LogP contribution in [-0.2, 0) is 67.6 Å². The molecule has 0 aliphatic carbocycles. The van der Waals surface area contributed by atoms with Crippen molar-refractivity contribution in [3.8, 4) is 0 Å². The van der Waals surface area contributed by atoms with E-state index in [0.29, 0.717) is 0 Å². The van der Waals surface area contributed by atoms with Gasteiger partial charge in [0.2, 0.25) is 0 Å². The Hall–Kier alpha value is 2.23. The first kappa shape index (κ1) is 44.0. The molecule has 0 aromatic heterocycles. The Morgan fingerprint density at radius 2 is 0.318 bits per heavy atom. The van der Waals surface area contributed by atoms with Crippen molar-refractivity contribution in [1.29, 1.82) is 0 Å². The van der Waals surface area contributed by atoms with Crippen LogP contribution >= 0.6 is 41.3 Å². The third kappa shape index (κ3) is 2010. The summed E-state index contributed by atoms with van der Waals surface area (Å²) >= 11 is 0. The molecule has 0 saturated carbocycles. The average Bonchev–Trinajstić information content (AvgIpc) is 1.94. The van der Waals surface area contributed by atoms with Gasteiger partial charge in [-0.1, -0.05) is 41.3 Å². The van der Waals surface area contributed by atoms with Crippen LogP contribution in [0.25, 0.3) is 0 Å². The van der Waals surface area contributed by atoms with E-state index in [-0.39, 0.29) is 44.8 Å². The van der Waals surface area contributed by atoms with Crippen molar-refractivity contribution in [2.24, 2.45) is 0 Å². The van der Waals surface area contributed by atoms with Gasteiger partial charge in [0.05, 0.1) is 0 Å². The van der Waals surface area contributed by atoms with Crippen LogP contribution in [0.1, 0.15) is 0 Å². The van der Waals surface area contributed by atoms with Gasteiger partial charge in [-0.3, -0.25) is 0 Å². The first-order chi connectivity index (χ1) is 8.66. The molecule has 0 aliphatic heterocycles. The molecule has 0 aliphatic rings. The van der Waals surface area contributed by atoms with E-state index >= 15 is 0 Å². The number of rotatable bonds is 0. The van der Waals surface area contributed by atoms with E-state index < -0.39 is 41.3 Å². The average molecular weight is 586 g/mol. The molecule has 0 saturated heterocycles. The third-order valence-corrected chi connectivity index (χ3v) is 0. The molecule has 0 fully saturated rings. The first-order valence-electron chi connectivity index (χ1n) is 3.06. The number of hydrogen-bond donors (Lipinski definition) is 0. The van der Waals surface area contributed by atoms with Crippen LogP contribution in [-0.4, -0.2) is 0 Å². The van der Waals surface area contributed by atoms with Crippen molar-refractivity contribution in [2.75, 3.05) is 0 Å². The quantitative estimate of drug-likeness (QED) is 0.188. The Kier molecular flexibility index (Phi) is 77.4. The van der Waals surface area contributed by atoms with Crippen LogP contribution in [0.4, 0.5) is 0 Å². The van der Waals surface area contributed by atoms with E-state index in [9.17, 15) is 0 Å². The van der Waals surface area contributed by atoms with Crippen LogP contribution in [0.15, 0.2) is 0 Å². The standard InChI is InChI=1S/2Nb.5H3O3P/c;;5*1-4(2)3/h;;5*4H,(H2,1,2,3)/q2*+5;;;;;/p-10. The van der Waals surface area contributed by atoms with Crippen LogP contribution in [0.5, 0.6) is 0 Å². The van der Waals surface area contributed by atoms with Gasteiger partial charge in [-0.2, -0.15) is 0 Å². The second-order valence-electron chi connectivity index (χ2n) is 1.25. The van der Waals surface area contributed by atoms with Crippen LogP contribution in [0.2, 0.25) is 0 Å². The summed E-state index contributed by atoms with van der Waals surface area (Å²) in [5.41, 5.74) is 0. The minimum Gasteiger partial charge on any atom is -0.813 e. The van der Waals surface area contributed by atoms with Crippen molar-refractivity contribution < 1.29 is 117 Å². The van der Waals surface area contributed by atoms with E-state index in [0.717, 1.165) is 0 Å². The predicted octanol–water partition coefficient (Wildman–Crippen LogP) is -9.52. The summed E-state index contributed by atoms with van der Waals surface area (Å²) in [5, 5.41) is 0. The Morgan fingerprint density at radius 1 is 0.318 bits per heavy atom. The summed E-state index contributed by atoms with van der Waals surface area (Å²) in [6, 6.07) is 0. The molecule has 0 aromatic rings. The summed E-state index contributed by atoms with van der Waals surface area (Å²) < 4.78 is 42.6. The van der Waals surface area contributed by atoms with Crippen molar-refractivity contribution in [3.63, 3.8) is 0 Å². The molecule has 0 radical (unpaired) electrons. The van der Waals surface area contributed by atoms with Crippen molar-refractivity contribution in [2.45, 2.75) is 0 Å². The molecule has 0 N–H and O–H groups in total. The monoisotopic (exact) mass is 586 g/mol. The maximum Gasteiger partial charge on any atom is 5.00 e. The molecular formula is H5Nb2O15P5. The fourth-order valence-corrected chi connectivity index (χ4v) is 0. The minimum atomic E-state index is -3.63. The molecular weight excluding hydrogens is 581 g/mol. The van der Waals surface area contributed by atoms with E-state index in [1.165, 1.54) is 0 Å². The first-order valence-corrected chi connectivity index (χ1v) is 9.19. The smallest absolute Gasteiger partial charge is 0.813 e. The molecule has 0 rings (SSSR count). The molecule has 15 nitrogen and oxygen atoms in total. The minimum absolute atomic E-state index is 0. The maximum absolute atomic E-state index is 8.52. The van der Waals surface area contributed by atoms with Gasteiger partial charge in [-0.15, -0.1) is 0 Å². The van der Waals surface area contributed by atoms with Gasteiger partial charge >= 0.3 is 44.8 Å².